The van der Waals surface area contributed by atoms with E-state index < -0.39 is 24.7 Å². The van der Waals surface area contributed by atoms with E-state index in [0.717, 1.165) is 16.9 Å². The molecule has 1 amide bonds. The van der Waals surface area contributed by atoms with Crippen molar-refractivity contribution in [2.75, 3.05) is 5.32 Å². The fraction of sp³-hybridized carbons (Fsp3) is 0.143. The maximum Gasteiger partial charge on any atom is 0.257 e. The number of carbonyl (C=O) groups excluding carboxylic acids is 1. The smallest absolute Gasteiger partial charge is 0.257 e. The van der Waals surface area contributed by atoms with Crippen LogP contribution in [0.15, 0.2) is 30.9 Å². The summed E-state index contributed by atoms with van der Waals surface area (Å²) < 4.78 is 39.5. The van der Waals surface area contributed by atoms with Crippen LogP contribution in [0.5, 0.6) is 0 Å². The van der Waals surface area contributed by atoms with Crippen molar-refractivity contribution in [2.24, 2.45) is 5.73 Å². The Morgan fingerprint density at radius 1 is 1.29 bits per heavy atom. The Hall–Kier alpha value is -3.17. The number of aromatic nitrogens is 4. The minimum Gasteiger partial charge on any atom is -0.365 e. The van der Waals surface area contributed by atoms with Gasteiger partial charge in [-0.1, -0.05) is 0 Å². The van der Waals surface area contributed by atoms with Gasteiger partial charge in [0.15, 0.2) is 0 Å². The number of halogens is 3. The minimum absolute atomic E-state index is 0.0276. The van der Waals surface area contributed by atoms with Crippen molar-refractivity contribution >= 4 is 28.3 Å². The molecule has 7 nitrogen and oxygen atoms in total. The van der Waals surface area contributed by atoms with Crippen molar-refractivity contribution in [3.05, 3.63) is 42.2 Å². The standard InChI is InChI=1S/C14H11F3N6O/c15-7-1-8(13(18)24)14(20-2-7)22-10-4-19-5-11-9(10)3-21-23(11)6-12(16)17/h1-5,12H,6H2,(H2,18,24)(H,20,22). The van der Waals surface area contributed by atoms with E-state index >= 15 is 0 Å². The van der Waals surface area contributed by atoms with E-state index in [9.17, 15) is 18.0 Å². The van der Waals surface area contributed by atoms with E-state index in [1.165, 1.54) is 18.6 Å². The average Bonchev–Trinajstić information content (AvgIpc) is 2.92. The highest BCUT2D eigenvalue weighted by molar-refractivity contribution is 6.00. The first-order valence-corrected chi connectivity index (χ1v) is 6.75. The number of anilines is 2. The molecule has 0 unspecified atom stereocenters. The lowest BCUT2D eigenvalue weighted by Gasteiger charge is -2.10. The monoisotopic (exact) mass is 336 g/mol. The van der Waals surface area contributed by atoms with Crippen molar-refractivity contribution in [1.82, 2.24) is 19.7 Å². The molecule has 3 aromatic rings. The van der Waals surface area contributed by atoms with E-state index in [0.29, 0.717) is 16.6 Å². The van der Waals surface area contributed by atoms with Crippen LogP contribution >= 0.6 is 0 Å². The highest BCUT2D eigenvalue weighted by Gasteiger charge is 2.15. The van der Waals surface area contributed by atoms with Crippen LogP contribution in [0.25, 0.3) is 10.9 Å². The molecule has 0 aliphatic heterocycles. The molecular weight excluding hydrogens is 325 g/mol. The molecule has 0 aliphatic rings. The molecule has 0 radical (unpaired) electrons. The number of primary amides is 1. The summed E-state index contributed by atoms with van der Waals surface area (Å²) >= 11 is 0. The first-order chi connectivity index (χ1) is 11.5. The molecule has 124 valence electrons. The Kier molecular flexibility index (Phi) is 4.02. The van der Waals surface area contributed by atoms with Gasteiger partial charge in [-0.2, -0.15) is 5.10 Å². The van der Waals surface area contributed by atoms with Gasteiger partial charge in [0, 0.05) is 5.39 Å². The zero-order valence-corrected chi connectivity index (χ0v) is 12.1. The van der Waals surface area contributed by atoms with Crippen LogP contribution in [0.1, 0.15) is 10.4 Å². The zero-order chi connectivity index (χ0) is 17.3. The van der Waals surface area contributed by atoms with Crippen molar-refractivity contribution < 1.29 is 18.0 Å². The van der Waals surface area contributed by atoms with Gasteiger partial charge < -0.3 is 11.1 Å². The molecule has 0 fully saturated rings. The van der Waals surface area contributed by atoms with E-state index in [2.05, 4.69) is 20.4 Å². The molecule has 3 heterocycles. The Labute approximate surface area is 133 Å². The molecule has 3 rings (SSSR count). The second-order valence-corrected chi connectivity index (χ2v) is 4.88. The molecule has 0 saturated carbocycles. The van der Waals surface area contributed by atoms with E-state index in [1.54, 1.807) is 0 Å². The number of rotatable bonds is 5. The molecule has 24 heavy (non-hydrogen) atoms. The highest BCUT2D eigenvalue weighted by Crippen LogP contribution is 2.26. The SMILES string of the molecule is NC(=O)c1cc(F)cnc1Nc1cncc2c1cnn2CC(F)F. The summed E-state index contributed by atoms with van der Waals surface area (Å²) in [5, 5.41) is 7.20. The lowest BCUT2D eigenvalue weighted by molar-refractivity contribution is 0.1000. The number of carbonyl (C=O) groups is 1. The van der Waals surface area contributed by atoms with Gasteiger partial charge in [0.25, 0.3) is 12.3 Å². The summed E-state index contributed by atoms with van der Waals surface area (Å²) in [6, 6.07) is 0.950. The quantitative estimate of drug-likeness (QED) is 0.743. The van der Waals surface area contributed by atoms with Gasteiger partial charge in [-0.15, -0.1) is 0 Å². The first kappa shape index (κ1) is 15.7. The normalized spacial score (nSPS) is 11.2. The van der Waals surface area contributed by atoms with Crippen LogP contribution < -0.4 is 11.1 Å². The van der Waals surface area contributed by atoms with Crippen LogP contribution in [0.2, 0.25) is 0 Å². The largest absolute Gasteiger partial charge is 0.365 e. The fourth-order valence-corrected chi connectivity index (χ4v) is 2.22. The molecule has 3 aromatic heterocycles. The number of fused-ring (bicyclic) bond motifs is 1. The van der Waals surface area contributed by atoms with Crippen LogP contribution in [0, 0.1) is 5.82 Å². The number of hydrogen-bond acceptors (Lipinski definition) is 5. The predicted octanol–water partition coefficient (Wildman–Crippen LogP) is 2.07. The van der Waals surface area contributed by atoms with Gasteiger partial charge >= 0.3 is 0 Å². The second-order valence-electron chi connectivity index (χ2n) is 4.88. The topological polar surface area (TPSA) is 98.7 Å². The number of nitrogens with zero attached hydrogens (tertiary/aromatic N) is 4. The summed E-state index contributed by atoms with van der Waals surface area (Å²) in [5.74, 6) is -1.55. The molecule has 10 heteroatoms. The minimum atomic E-state index is -2.56. The summed E-state index contributed by atoms with van der Waals surface area (Å²) in [7, 11) is 0. The van der Waals surface area contributed by atoms with Crippen molar-refractivity contribution in [3.63, 3.8) is 0 Å². The van der Waals surface area contributed by atoms with Crippen molar-refractivity contribution in [3.8, 4) is 0 Å². The second kappa shape index (κ2) is 6.14. The number of hydrogen-bond donors (Lipinski definition) is 2. The number of amides is 1. The van der Waals surface area contributed by atoms with Crippen molar-refractivity contribution in [1.29, 1.82) is 0 Å². The maximum absolute atomic E-state index is 13.2. The number of nitrogens with one attached hydrogen (secondary N) is 1. The lowest BCUT2D eigenvalue weighted by Crippen LogP contribution is -2.14. The Bertz CT molecular complexity index is 911. The van der Waals surface area contributed by atoms with Gasteiger partial charge in [-0.05, 0) is 6.07 Å². The van der Waals surface area contributed by atoms with Gasteiger partial charge in [0.05, 0.1) is 41.6 Å². The molecule has 0 atom stereocenters. The van der Waals surface area contributed by atoms with E-state index in [1.807, 2.05) is 0 Å². The Morgan fingerprint density at radius 2 is 2.08 bits per heavy atom. The average molecular weight is 336 g/mol. The van der Waals surface area contributed by atoms with E-state index in [4.69, 9.17) is 5.73 Å². The summed E-state index contributed by atoms with van der Waals surface area (Å²) in [6.45, 7) is -0.573. The summed E-state index contributed by atoms with van der Waals surface area (Å²) in [6.07, 6.45) is 2.54. The van der Waals surface area contributed by atoms with Gasteiger partial charge in [-0.3, -0.25) is 14.5 Å². The number of nitrogens with two attached hydrogens (primary N) is 1. The van der Waals surface area contributed by atoms with E-state index in [-0.39, 0.29) is 11.4 Å². The molecule has 0 aliphatic carbocycles. The van der Waals surface area contributed by atoms with Crippen molar-refractivity contribution in [2.45, 2.75) is 13.0 Å². The first-order valence-electron chi connectivity index (χ1n) is 6.75. The van der Waals surface area contributed by atoms with Crippen LogP contribution in [-0.2, 0) is 6.54 Å². The fourth-order valence-electron chi connectivity index (χ4n) is 2.22. The van der Waals surface area contributed by atoms with Crippen LogP contribution in [-0.4, -0.2) is 32.1 Å². The predicted molar refractivity (Wildman–Crippen MR) is 79.5 cm³/mol. The van der Waals surface area contributed by atoms with Gasteiger partial charge in [-0.25, -0.2) is 18.2 Å². The molecular formula is C14H11F3N6O. The van der Waals surface area contributed by atoms with Crippen LogP contribution in [0.4, 0.5) is 24.7 Å². The molecule has 0 bridgehead atoms. The Balaban J connectivity index is 2.02. The molecule has 0 saturated heterocycles. The maximum atomic E-state index is 13.2. The molecule has 0 spiro atoms. The lowest BCUT2D eigenvalue weighted by atomic mass is 10.2. The van der Waals surface area contributed by atoms with Gasteiger partial charge in [0.1, 0.15) is 18.2 Å². The number of alkyl halides is 2. The number of pyridine rings is 2. The van der Waals surface area contributed by atoms with Gasteiger partial charge in [0.2, 0.25) is 0 Å². The molecule has 3 N–H and O–H groups in total. The zero-order valence-electron chi connectivity index (χ0n) is 12.1. The summed E-state index contributed by atoms with van der Waals surface area (Å²) in [4.78, 5) is 19.2. The summed E-state index contributed by atoms with van der Waals surface area (Å²) in [5.41, 5.74) is 5.81. The van der Waals surface area contributed by atoms with Crippen LogP contribution in [0.3, 0.4) is 0 Å². The third-order valence-electron chi connectivity index (χ3n) is 3.25. The molecule has 0 aromatic carbocycles. The third-order valence-corrected chi connectivity index (χ3v) is 3.25. The highest BCUT2D eigenvalue weighted by atomic mass is 19.3. The third kappa shape index (κ3) is 2.98. The Morgan fingerprint density at radius 3 is 2.79 bits per heavy atom.